The third kappa shape index (κ3) is 3.18. The lowest BCUT2D eigenvalue weighted by molar-refractivity contribution is -0.136. The van der Waals surface area contributed by atoms with Crippen molar-refractivity contribution in [3.05, 3.63) is 34.3 Å². The molecule has 0 radical (unpaired) electrons. The van der Waals surface area contributed by atoms with Gasteiger partial charge in [-0.1, -0.05) is 28.1 Å². The smallest absolute Gasteiger partial charge is 0.223 e. The quantitative estimate of drug-likeness (QED) is 0.928. The molecule has 1 N–H and O–H groups in total. The third-order valence-corrected chi connectivity index (χ3v) is 4.51. The molecule has 1 fully saturated rings. The van der Waals surface area contributed by atoms with Crippen molar-refractivity contribution in [1.82, 2.24) is 4.90 Å². The molecular formula is C15H20BrNO2. The van der Waals surface area contributed by atoms with Crippen LogP contribution in [0.15, 0.2) is 28.7 Å². The van der Waals surface area contributed by atoms with Gasteiger partial charge < -0.3 is 10.0 Å². The predicted octanol–water partition coefficient (Wildman–Crippen LogP) is 2.75. The van der Waals surface area contributed by atoms with Gasteiger partial charge >= 0.3 is 0 Å². The first-order valence-electron chi connectivity index (χ1n) is 6.64. The van der Waals surface area contributed by atoms with E-state index in [2.05, 4.69) is 15.9 Å². The molecule has 1 heterocycles. The summed E-state index contributed by atoms with van der Waals surface area (Å²) in [6.07, 6.45) is 1.51. The summed E-state index contributed by atoms with van der Waals surface area (Å²) in [4.78, 5) is 14.1. The normalized spacial score (nSPS) is 21.7. The van der Waals surface area contributed by atoms with Crippen molar-refractivity contribution in [2.45, 2.75) is 44.8 Å². The van der Waals surface area contributed by atoms with E-state index >= 15 is 0 Å². The molecule has 1 atom stereocenters. The summed E-state index contributed by atoms with van der Waals surface area (Å²) in [5.41, 5.74) is 0.727. The number of benzene rings is 1. The minimum absolute atomic E-state index is 0.129. The standard InChI is InChI=1S/C15H20BrNO2/c1-15(2)13(18)9-10-17(15)14(19)8-5-11-3-6-12(16)7-4-11/h3-4,6-7,13,18H,5,8-10H2,1-2H3. The predicted molar refractivity (Wildman–Crippen MR) is 78.9 cm³/mol. The van der Waals surface area contributed by atoms with Gasteiger partial charge in [0.2, 0.25) is 5.91 Å². The molecule has 1 aliphatic rings. The Labute approximate surface area is 122 Å². The molecule has 1 unspecified atom stereocenters. The summed E-state index contributed by atoms with van der Waals surface area (Å²) in [6, 6.07) is 8.04. The lowest BCUT2D eigenvalue weighted by atomic mass is 9.98. The van der Waals surface area contributed by atoms with Gasteiger partial charge in [-0.05, 0) is 44.4 Å². The summed E-state index contributed by atoms with van der Waals surface area (Å²) in [5.74, 6) is 0.129. The van der Waals surface area contributed by atoms with E-state index in [1.807, 2.05) is 43.0 Å². The fourth-order valence-corrected chi connectivity index (χ4v) is 2.82. The first-order valence-corrected chi connectivity index (χ1v) is 7.43. The Morgan fingerprint density at radius 1 is 1.42 bits per heavy atom. The molecule has 1 amide bonds. The van der Waals surface area contributed by atoms with Crippen LogP contribution in [-0.2, 0) is 11.2 Å². The van der Waals surface area contributed by atoms with Gasteiger partial charge in [0.15, 0.2) is 0 Å². The van der Waals surface area contributed by atoms with Gasteiger partial charge in [0.05, 0.1) is 11.6 Å². The number of likely N-dealkylation sites (tertiary alicyclic amines) is 1. The van der Waals surface area contributed by atoms with E-state index in [0.29, 0.717) is 19.4 Å². The molecule has 0 bridgehead atoms. The maximum atomic E-state index is 12.3. The number of carbonyl (C=O) groups is 1. The van der Waals surface area contributed by atoms with E-state index in [-0.39, 0.29) is 5.91 Å². The van der Waals surface area contributed by atoms with Crippen molar-refractivity contribution >= 4 is 21.8 Å². The van der Waals surface area contributed by atoms with E-state index in [4.69, 9.17) is 0 Å². The molecule has 0 spiro atoms. The van der Waals surface area contributed by atoms with Crippen molar-refractivity contribution in [2.24, 2.45) is 0 Å². The second-order valence-electron chi connectivity index (χ2n) is 5.63. The summed E-state index contributed by atoms with van der Waals surface area (Å²) in [5, 5.41) is 9.89. The number of rotatable bonds is 3. The van der Waals surface area contributed by atoms with Gasteiger partial charge in [-0.15, -0.1) is 0 Å². The van der Waals surface area contributed by atoms with Crippen LogP contribution in [0.2, 0.25) is 0 Å². The number of hydrogen-bond donors (Lipinski definition) is 1. The molecule has 0 aromatic heterocycles. The molecule has 1 aromatic rings. The van der Waals surface area contributed by atoms with E-state index in [9.17, 15) is 9.90 Å². The molecule has 19 heavy (non-hydrogen) atoms. The first-order chi connectivity index (χ1) is 8.91. The Morgan fingerprint density at radius 2 is 2.05 bits per heavy atom. The van der Waals surface area contributed by atoms with Crippen molar-refractivity contribution in [2.75, 3.05) is 6.54 Å². The van der Waals surface area contributed by atoms with E-state index in [1.165, 1.54) is 0 Å². The van der Waals surface area contributed by atoms with Gasteiger partial charge in [-0.3, -0.25) is 4.79 Å². The highest BCUT2D eigenvalue weighted by atomic mass is 79.9. The Morgan fingerprint density at radius 3 is 2.58 bits per heavy atom. The van der Waals surface area contributed by atoms with Crippen LogP contribution in [-0.4, -0.2) is 34.1 Å². The monoisotopic (exact) mass is 325 g/mol. The minimum Gasteiger partial charge on any atom is -0.391 e. The molecular weight excluding hydrogens is 306 g/mol. The Kier molecular flexibility index (Phi) is 4.31. The number of amides is 1. The van der Waals surface area contributed by atoms with Crippen LogP contribution in [0.3, 0.4) is 0 Å². The van der Waals surface area contributed by atoms with Gasteiger partial charge in [0.1, 0.15) is 0 Å². The molecule has 104 valence electrons. The van der Waals surface area contributed by atoms with Crippen molar-refractivity contribution in [1.29, 1.82) is 0 Å². The molecule has 1 aromatic carbocycles. The highest BCUT2D eigenvalue weighted by molar-refractivity contribution is 9.10. The molecule has 2 rings (SSSR count). The number of carbonyl (C=O) groups excluding carboxylic acids is 1. The molecule has 3 nitrogen and oxygen atoms in total. The zero-order valence-electron chi connectivity index (χ0n) is 11.4. The van der Waals surface area contributed by atoms with E-state index in [1.54, 1.807) is 0 Å². The highest BCUT2D eigenvalue weighted by Gasteiger charge is 2.42. The number of halogens is 1. The van der Waals surface area contributed by atoms with Crippen molar-refractivity contribution in [3.8, 4) is 0 Å². The van der Waals surface area contributed by atoms with Crippen LogP contribution >= 0.6 is 15.9 Å². The second kappa shape index (κ2) is 5.63. The average Bonchev–Trinajstić information content (AvgIpc) is 2.63. The summed E-state index contributed by atoms with van der Waals surface area (Å²) >= 11 is 3.40. The van der Waals surface area contributed by atoms with Gasteiger partial charge in [0.25, 0.3) is 0 Å². The first kappa shape index (κ1) is 14.5. The maximum absolute atomic E-state index is 12.3. The van der Waals surface area contributed by atoms with E-state index < -0.39 is 11.6 Å². The molecule has 4 heteroatoms. The Hall–Kier alpha value is -0.870. The molecule has 0 saturated carbocycles. The fraction of sp³-hybridized carbons (Fsp3) is 0.533. The Balaban J connectivity index is 1.93. The number of hydrogen-bond acceptors (Lipinski definition) is 2. The van der Waals surface area contributed by atoms with Crippen molar-refractivity contribution in [3.63, 3.8) is 0 Å². The van der Waals surface area contributed by atoms with Crippen LogP contribution in [0.25, 0.3) is 0 Å². The average molecular weight is 326 g/mol. The Bertz CT molecular complexity index is 456. The number of nitrogens with zero attached hydrogens (tertiary/aromatic N) is 1. The van der Waals surface area contributed by atoms with Crippen molar-refractivity contribution < 1.29 is 9.90 Å². The van der Waals surface area contributed by atoms with E-state index in [0.717, 1.165) is 16.5 Å². The summed E-state index contributed by atoms with van der Waals surface area (Å²) in [7, 11) is 0. The largest absolute Gasteiger partial charge is 0.391 e. The van der Waals surface area contributed by atoms with Crippen LogP contribution in [0.4, 0.5) is 0 Å². The summed E-state index contributed by atoms with van der Waals surface area (Å²) < 4.78 is 1.05. The number of aryl methyl sites for hydroxylation is 1. The minimum atomic E-state index is -0.434. The van der Waals surface area contributed by atoms with Gasteiger partial charge in [-0.2, -0.15) is 0 Å². The van der Waals surface area contributed by atoms with Crippen LogP contribution in [0.5, 0.6) is 0 Å². The lowest BCUT2D eigenvalue weighted by Gasteiger charge is -2.33. The number of aliphatic hydroxyl groups excluding tert-OH is 1. The van der Waals surface area contributed by atoms with Gasteiger partial charge in [-0.25, -0.2) is 0 Å². The fourth-order valence-electron chi connectivity index (χ4n) is 2.56. The molecule has 0 aliphatic carbocycles. The number of aliphatic hydroxyl groups is 1. The lowest BCUT2D eigenvalue weighted by Crippen LogP contribution is -2.48. The molecule has 1 aliphatic heterocycles. The van der Waals surface area contributed by atoms with Crippen LogP contribution < -0.4 is 0 Å². The second-order valence-corrected chi connectivity index (χ2v) is 6.55. The highest BCUT2D eigenvalue weighted by Crippen LogP contribution is 2.29. The molecule has 1 saturated heterocycles. The van der Waals surface area contributed by atoms with Gasteiger partial charge in [0, 0.05) is 17.4 Å². The SMILES string of the molecule is CC1(C)C(O)CCN1C(=O)CCc1ccc(Br)cc1. The van der Waals surface area contributed by atoms with Crippen LogP contribution in [0, 0.1) is 0 Å². The zero-order valence-corrected chi connectivity index (χ0v) is 13.0. The maximum Gasteiger partial charge on any atom is 0.223 e. The van der Waals surface area contributed by atoms with Crippen LogP contribution in [0.1, 0.15) is 32.3 Å². The topological polar surface area (TPSA) is 40.5 Å². The zero-order chi connectivity index (χ0) is 14.0. The third-order valence-electron chi connectivity index (χ3n) is 3.98. The summed E-state index contributed by atoms with van der Waals surface area (Å²) in [6.45, 7) is 4.53.